The Morgan fingerprint density at radius 3 is 2.50 bits per heavy atom. The van der Waals surface area contributed by atoms with Gasteiger partial charge in [-0.05, 0) is 42.5 Å². The summed E-state index contributed by atoms with van der Waals surface area (Å²) in [6.07, 6.45) is 2.07. The second-order valence-electron chi connectivity index (χ2n) is 6.63. The molecule has 138 valence electrons. The smallest absolute Gasteiger partial charge is 0.227 e. The van der Waals surface area contributed by atoms with Crippen LogP contribution < -0.4 is 9.62 Å². The molecule has 6 heteroatoms. The maximum Gasteiger partial charge on any atom is 0.227 e. The van der Waals surface area contributed by atoms with Crippen molar-refractivity contribution < 1.29 is 13.6 Å². The minimum Gasteiger partial charge on any atom is -0.760 e. The van der Waals surface area contributed by atoms with E-state index in [-0.39, 0.29) is 5.91 Å². The van der Waals surface area contributed by atoms with E-state index in [4.69, 9.17) is 0 Å². The summed E-state index contributed by atoms with van der Waals surface area (Å²) in [5, 5.41) is 0. The number of amides is 1. The maximum atomic E-state index is 12.2. The van der Waals surface area contributed by atoms with Crippen molar-refractivity contribution in [3.05, 3.63) is 64.7 Å². The largest absolute Gasteiger partial charge is 0.760 e. The first-order valence-electron chi connectivity index (χ1n) is 8.84. The zero-order valence-electron chi connectivity index (χ0n) is 15.0. The molecule has 2 aromatic carbocycles. The van der Waals surface area contributed by atoms with Crippen molar-refractivity contribution in [2.75, 3.05) is 11.4 Å². The number of hydrogen-bond donors (Lipinski definition) is 1. The summed E-state index contributed by atoms with van der Waals surface area (Å²) in [5.41, 5.74) is 4.92. The standard InChI is InChI=1S/C20H24N2O3S/c1-3-12-22-18-10-8-17(13-16(18)9-11-19(22)23)20(21-26(24)25)15-6-4-14(2)5-7-15/h4-8,10,13,20-21H,3,9,11-12H2,1-2H3,(H,24,25)/p-1. The number of benzene rings is 2. The van der Waals surface area contributed by atoms with Crippen molar-refractivity contribution in [3.8, 4) is 0 Å². The molecule has 3 rings (SSSR count). The van der Waals surface area contributed by atoms with Crippen LogP contribution in [-0.4, -0.2) is 21.2 Å². The number of anilines is 1. The Balaban J connectivity index is 1.99. The molecule has 0 saturated carbocycles. The Morgan fingerprint density at radius 2 is 1.85 bits per heavy atom. The molecule has 0 fully saturated rings. The monoisotopic (exact) mass is 371 g/mol. The summed E-state index contributed by atoms with van der Waals surface area (Å²) in [6, 6.07) is 13.2. The normalized spacial score (nSPS) is 16.3. The summed E-state index contributed by atoms with van der Waals surface area (Å²) in [7, 11) is 0. The zero-order valence-corrected chi connectivity index (χ0v) is 15.8. The molecule has 0 bridgehead atoms. The molecule has 0 aromatic heterocycles. The van der Waals surface area contributed by atoms with Crippen molar-refractivity contribution in [3.63, 3.8) is 0 Å². The third-order valence-electron chi connectivity index (χ3n) is 4.71. The Hall–Kier alpha value is -2.02. The van der Waals surface area contributed by atoms with E-state index >= 15 is 0 Å². The molecule has 2 aromatic rings. The molecule has 0 spiro atoms. The van der Waals surface area contributed by atoms with Gasteiger partial charge in [-0.2, -0.15) is 0 Å². The summed E-state index contributed by atoms with van der Waals surface area (Å²) in [4.78, 5) is 14.0. The average molecular weight is 371 g/mol. The lowest BCUT2D eigenvalue weighted by atomic mass is 9.93. The molecule has 1 aliphatic rings. The van der Waals surface area contributed by atoms with E-state index in [0.29, 0.717) is 19.4 Å². The fraction of sp³-hybridized carbons (Fsp3) is 0.350. The highest BCUT2D eigenvalue weighted by atomic mass is 32.2. The molecule has 0 saturated heterocycles. The Bertz CT molecular complexity index is 820. The Morgan fingerprint density at radius 1 is 1.15 bits per heavy atom. The van der Waals surface area contributed by atoms with E-state index in [9.17, 15) is 13.6 Å². The van der Waals surface area contributed by atoms with Crippen LogP contribution in [0.4, 0.5) is 5.69 Å². The van der Waals surface area contributed by atoms with Crippen molar-refractivity contribution >= 4 is 22.9 Å². The SMILES string of the molecule is CCCN1C(=O)CCc2cc(C(NS(=O)[O-])c3ccc(C)cc3)ccc21. The number of nitrogens with zero attached hydrogens (tertiary/aromatic N) is 1. The van der Waals surface area contributed by atoms with Gasteiger partial charge in [0, 0.05) is 29.9 Å². The van der Waals surface area contributed by atoms with Gasteiger partial charge in [0.15, 0.2) is 0 Å². The van der Waals surface area contributed by atoms with Gasteiger partial charge in [-0.25, -0.2) is 4.72 Å². The van der Waals surface area contributed by atoms with Gasteiger partial charge in [0.25, 0.3) is 0 Å². The number of rotatable bonds is 6. The first kappa shape index (κ1) is 18.8. The number of carbonyl (C=O) groups excluding carboxylic acids is 1. The Kier molecular flexibility index (Phi) is 5.86. The minimum atomic E-state index is -2.38. The molecule has 1 aliphatic heterocycles. The van der Waals surface area contributed by atoms with Crippen LogP contribution >= 0.6 is 0 Å². The van der Waals surface area contributed by atoms with E-state index in [0.717, 1.165) is 34.4 Å². The van der Waals surface area contributed by atoms with Gasteiger partial charge in [0.05, 0.1) is 6.04 Å². The number of nitrogens with one attached hydrogen (secondary N) is 1. The van der Waals surface area contributed by atoms with Gasteiger partial charge in [-0.1, -0.05) is 48.9 Å². The van der Waals surface area contributed by atoms with Gasteiger partial charge in [-0.3, -0.25) is 9.00 Å². The summed E-state index contributed by atoms with van der Waals surface area (Å²) < 4.78 is 25.3. The van der Waals surface area contributed by atoms with E-state index in [2.05, 4.69) is 11.6 Å². The summed E-state index contributed by atoms with van der Waals surface area (Å²) in [5.74, 6) is 0.154. The van der Waals surface area contributed by atoms with Crippen molar-refractivity contribution in [2.24, 2.45) is 0 Å². The highest BCUT2D eigenvalue weighted by Gasteiger charge is 2.25. The lowest BCUT2D eigenvalue weighted by molar-refractivity contribution is -0.118. The summed E-state index contributed by atoms with van der Waals surface area (Å²) in [6.45, 7) is 4.75. The molecule has 26 heavy (non-hydrogen) atoms. The number of aryl methyl sites for hydroxylation is 2. The van der Waals surface area contributed by atoms with Crippen LogP contribution in [0.25, 0.3) is 0 Å². The lowest BCUT2D eigenvalue weighted by Crippen LogP contribution is -2.35. The van der Waals surface area contributed by atoms with Crippen LogP contribution in [0.2, 0.25) is 0 Å². The number of fused-ring (bicyclic) bond motifs is 1. The lowest BCUT2D eigenvalue weighted by Gasteiger charge is -2.30. The van der Waals surface area contributed by atoms with E-state index < -0.39 is 17.3 Å². The first-order valence-corrected chi connectivity index (χ1v) is 9.92. The summed E-state index contributed by atoms with van der Waals surface area (Å²) >= 11 is -2.38. The van der Waals surface area contributed by atoms with E-state index in [1.807, 2.05) is 54.3 Å². The van der Waals surface area contributed by atoms with Crippen molar-refractivity contribution in [2.45, 2.75) is 39.2 Å². The van der Waals surface area contributed by atoms with Crippen LogP contribution in [0.15, 0.2) is 42.5 Å². The van der Waals surface area contributed by atoms with Gasteiger partial charge in [-0.15, -0.1) is 0 Å². The second-order valence-corrected chi connectivity index (χ2v) is 7.33. The van der Waals surface area contributed by atoms with E-state index in [1.165, 1.54) is 0 Å². The van der Waals surface area contributed by atoms with E-state index in [1.54, 1.807) is 0 Å². The van der Waals surface area contributed by atoms with Gasteiger partial charge in [0.2, 0.25) is 5.91 Å². The van der Waals surface area contributed by atoms with Gasteiger partial charge < -0.3 is 9.45 Å². The molecule has 0 aliphatic carbocycles. The molecular weight excluding hydrogens is 348 g/mol. The third-order valence-corrected chi connectivity index (χ3v) is 5.14. The molecule has 1 amide bonds. The predicted molar refractivity (Wildman–Crippen MR) is 102 cm³/mol. The average Bonchev–Trinajstić information content (AvgIpc) is 2.62. The molecule has 5 nitrogen and oxygen atoms in total. The van der Waals surface area contributed by atoms with Crippen LogP contribution in [-0.2, 0) is 22.5 Å². The van der Waals surface area contributed by atoms with Crippen LogP contribution in [0.5, 0.6) is 0 Å². The predicted octanol–water partition coefficient (Wildman–Crippen LogP) is 3.16. The van der Waals surface area contributed by atoms with Crippen molar-refractivity contribution in [1.29, 1.82) is 0 Å². The van der Waals surface area contributed by atoms with Crippen LogP contribution in [0.1, 0.15) is 48.1 Å². The highest BCUT2D eigenvalue weighted by Crippen LogP contribution is 2.32. The second kappa shape index (κ2) is 8.12. The molecular formula is C20H23N2O3S-. The molecule has 1 N–H and O–H groups in total. The highest BCUT2D eigenvalue weighted by molar-refractivity contribution is 7.77. The molecule has 0 radical (unpaired) electrons. The minimum absolute atomic E-state index is 0.154. The van der Waals surface area contributed by atoms with Gasteiger partial charge in [0.1, 0.15) is 0 Å². The number of carbonyl (C=O) groups is 1. The van der Waals surface area contributed by atoms with Crippen LogP contribution in [0.3, 0.4) is 0 Å². The molecule has 1 heterocycles. The fourth-order valence-corrected chi connectivity index (χ4v) is 3.88. The Labute approximate surface area is 156 Å². The fourth-order valence-electron chi connectivity index (χ4n) is 3.41. The third kappa shape index (κ3) is 4.03. The first-order chi connectivity index (χ1) is 12.5. The quantitative estimate of drug-likeness (QED) is 0.793. The van der Waals surface area contributed by atoms with Gasteiger partial charge >= 0.3 is 0 Å². The van der Waals surface area contributed by atoms with Crippen molar-refractivity contribution in [1.82, 2.24) is 4.72 Å². The zero-order chi connectivity index (χ0) is 18.7. The topological polar surface area (TPSA) is 72.5 Å². The molecule has 2 atom stereocenters. The maximum absolute atomic E-state index is 12.2. The van der Waals surface area contributed by atoms with Crippen LogP contribution in [0, 0.1) is 6.92 Å². The molecule has 2 unspecified atom stereocenters. The number of hydrogen-bond acceptors (Lipinski definition) is 3.